The maximum atomic E-state index is 12.5. The molecule has 0 bridgehead atoms. The molecule has 3 rings (SSSR count). The van der Waals surface area contributed by atoms with Gasteiger partial charge in [-0.05, 0) is 37.2 Å². The highest BCUT2D eigenvalue weighted by Gasteiger charge is 2.22. The van der Waals surface area contributed by atoms with Crippen molar-refractivity contribution in [3.63, 3.8) is 0 Å². The number of amides is 1. The predicted octanol–water partition coefficient (Wildman–Crippen LogP) is 2.78. The lowest BCUT2D eigenvalue weighted by Crippen LogP contribution is -2.31. The number of nitrogens with zero attached hydrogens (tertiary/aromatic N) is 1. The Balaban J connectivity index is 1.90. The summed E-state index contributed by atoms with van der Waals surface area (Å²) in [5.41, 5.74) is 6.88. The monoisotopic (exact) mass is 395 g/mol. The predicted molar refractivity (Wildman–Crippen MR) is 103 cm³/mol. The number of benzene rings is 1. The van der Waals surface area contributed by atoms with E-state index >= 15 is 0 Å². The molecule has 1 fully saturated rings. The second kappa shape index (κ2) is 8.07. The number of hydrogen-bond acceptors (Lipinski definition) is 7. The van der Waals surface area contributed by atoms with E-state index in [1.54, 1.807) is 37.0 Å². The maximum Gasteiger partial charge on any atom is 0.265 e. The lowest BCUT2D eigenvalue weighted by Gasteiger charge is -2.13. The summed E-state index contributed by atoms with van der Waals surface area (Å²) in [6, 6.07) is 5.32. The Labute approximate surface area is 160 Å². The highest BCUT2D eigenvalue weighted by atomic mass is 32.1. The summed E-state index contributed by atoms with van der Waals surface area (Å²) in [5.74, 6) is 1.24. The van der Waals surface area contributed by atoms with Crippen molar-refractivity contribution in [2.75, 3.05) is 33.1 Å². The van der Waals surface area contributed by atoms with E-state index in [4.69, 9.17) is 32.2 Å². The fourth-order valence-corrected chi connectivity index (χ4v) is 4.11. The Morgan fingerprint density at radius 1 is 1.46 bits per heavy atom. The number of carbonyl (C=O) groups excluding carboxylic acids is 1. The molecule has 2 aromatic rings. The summed E-state index contributed by atoms with van der Waals surface area (Å²) in [6.07, 6.45) is 2.04. The lowest BCUT2D eigenvalue weighted by atomic mass is 10.2. The van der Waals surface area contributed by atoms with Crippen LogP contribution in [0.4, 0.5) is 5.82 Å². The Kier molecular flexibility index (Phi) is 5.80. The van der Waals surface area contributed by atoms with Gasteiger partial charge in [-0.25, -0.2) is 0 Å². The molecule has 140 valence electrons. The molecular formula is C17H21N3O4S2. The van der Waals surface area contributed by atoms with E-state index in [2.05, 4.69) is 5.32 Å². The summed E-state index contributed by atoms with van der Waals surface area (Å²) in [6.45, 7) is 1.21. The van der Waals surface area contributed by atoms with Crippen molar-refractivity contribution in [2.24, 2.45) is 0 Å². The van der Waals surface area contributed by atoms with Crippen LogP contribution in [0.5, 0.6) is 11.5 Å². The highest BCUT2D eigenvalue weighted by molar-refractivity contribution is 7.73. The fraction of sp³-hybridized carbons (Fsp3) is 0.412. The molecule has 1 aliphatic rings. The molecule has 1 aliphatic heterocycles. The second-order valence-corrected chi connectivity index (χ2v) is 7.44. The molecule has 0 spiro atoms. The minimum Gasteiger partial charge on any atom is -0.497 e. The van der Waals surface area contributed by atoms with Crippen LogP contribution in [0.15, 0.2) is 18.2 Å². The van der Waals surface area contributed by atoms with E-state index in [0.29, 0.717) is 32.6 Å². The third kappa shape index (κ3) is 3.69. The van der Waals surface area contributed by atoms with Crippen molar-refractivity contribution < 1.29 is 19.0 Å². The summed E-state index contributed by atoms with van der Waals surface area (Å²) >= 11 is 6.60. The van der Waals surface area contributed by atoms with Crippen molar-refractivity contribution in [2.45, 2.75) is 18.9 Å². The molecule has 3 N–H and O–H groups in total. The number of ether oxygens (including phenoxy) is 3. The zero-order chi connectivity index (χ0) is 18.7. The third-order valence-corrected chi connectivity index (χ3v) is 5.58. The summed E-state index contributed by atoms with van der Waals surface area (Å²) in [4.78, 5) is 12.9. The molecule has 1 aromatic heterocycles. The molecule has 1 aromatic carbocycles. The molecule has 1 amide bonds. The van der Waals surface area contributed by atoms with Crippen molar-refractivity contribution >= 4 is 35.3 Å². The van der Waals surface area contributed by atoms with Crippen LogP contribution in [0.2, 0.25) is 0 Å². The van der Waals surface area contributed by atoms with Crippen LogP contribution < -0.4 is 20.5 Å². The standard InChI is InChI=1S/C17H21N3O4S2/c1-22-10-5-6-13(23-2)12(8-10)20-15(18)14(26-17(20)25)16(21)19-9-11-4-3-7-24-11/h5-6,8,11H,3-4,7,9,18H2,1-2H3,(H,19,21). The Morgan fingerprint density at radius 3 is 2.92 bits per heavy atom. The van der Waals surface area contributed by atoms with Crippen LogP contribution in [0.25, 0.3) is 5.69 Å². The van der Waals surface area contributed by atoms with E-state index in [1.165, 1.54) is 0 Å². The minimum absolute atomic E-state index is 0.0636. The van der Waals surface area contributed by atoms with Crippen molar-refractivity contribution in [1.29, 1.82) is 0 Å². The van der Waals surface area contributed by atoms with Crippen LogP contribution >= 0.6 is 23.6 Å². The average molecular weight is 396 g/mol. The van der Waals surface area contributed by atoms with Gasteiger partial charge in [0.25, 0.3) is 5.91 Å². The number of nitrogens with one attached hydrogen (secondary N) is 1. The third-order valence-electron chi connectivity index (χ3n) is 4.19. The van der Waals surface area contributed by atoms with Gasteiger partial charge in [0.1, 0.15) is 22.2 Å². The molecule has 1 unspecified atom stereocenters. The van der Waals surface area contributed by atoms with Gasteiger partial charge in [-0.3, -0.25) is 9.36 Å². The van der Waals surface area contributed by atoms with Gasteiger partial charge in [0.05, 0.1) is 26.0 Å². The molecule has 0 aliphatic carbocycles. The number of methoxy groups -OCH3 is 2. The molecule has 7 nitrogen and oxygen atoms in total. The van der Waals surface area contributed by atoms with E-state index in [-0.39, 0.29) is 17.8 Å². The van der Waals surface area contributed by atoms with E-state index in [1.807, 2.05) is 0 Å². The molecule has 9 heteroatoms. The van der Waals surface area contributed by atoms with Crippen molar-refractivity contribution in [1.82, 2.24) is 9.88 Å². The zero-order valence-electron chi connectivity index (χ0n) is 14.6. The van der Waals surface area contributed by atoms with Crippen LogP contribution in [-0.4, -0.2) is 43.9 Å². The normalized spacial score (nSPS) is 16.5. The average Bonchev–Trinajstić information content (AvgIpc) is 3.27. The molecular weight excluding hydrogens is 374 g/mol. The Morgan fingerprint density at radius 2 is 2.27 bits per heavy atom. The van der Waals surface area contributed by atoms with Crippen LogP contribution in [0, 0.1) is 3.95 Å². The Bertz CT molecular complexity index is 856. The first-order chi connectivity index (χ1) is 12.5. The SMILES string of the molecule is COc1ccc(OC)c(-n2c(N)c(C(=O)NCC3CCCO3)sc2=S)c1. The summed E-state index contributed by atoms with van der Waals surface area (Å²) in [7, 11) is 3.14. The van der Waals surface area contributed by atoms with Crippen LogP contribution in [0.1, 0.15) is 22.5 Å². The molecule has 0 saturated carbocycles. The number of nitrogen functional groups attached to an aromatic ring is 1. The van der Waals surface area contributed by atoms with Crippen LogP contribution in [-0.2, 0) is 4.74 Å². The van der Waals surface area contributed by atoms with Gasteiger partial charge in [-0.1, -0.05) is 11.3 Å². The quantitative estimate of drug-likeness (QED) is 0.732. The summed E-state index contributed by atoms with van der Waals surface area (Å²) in [5, 5.41) is 2.88. The fourth-order valence-electron chi connectivity index (χ4n) is 2.84. The Hall–Kier alpha value is -2.10. The lowest BCUT2D eigenvalue weighted by molar-refractivity contribution is 0.0861. The van der Waals surface area contributed by atoms with Crippen LogP contribution in [0.3, 0.4) is 0 Å². The molecule has 2 heterocycles. The largest absolute Gasteiger partial charge is 0.497 e. The molecule has 1 atom stereocenters. The van der Waals surface area contributed by atoms with Gasteiger partial charge in [0.2, 0.25) is 0 Å². The van der Waals surface area contributed by atoms with Gasteiger partial charge in [0, 0.05) is 19.2 Å². The number of thiazole rings is 1. The summed E-state index contributed by atoms with van der Waals surface area (Å²) < 4.78 is 18.3. The number of anilines is 1. The van der Waals surface area contributed by atoms with E-state index in [0.717, 1.165) is 30.8 Å². The van der Waals surface area contributed by atoms with Gasteiger partial charge in [0.15, 0.2) is 3.95 Å². The number of carbonyl (C=O) groups is 1. The minimum atomic E-state index is -0.255. The maximum absolute atomic E-state index is 12.5. The molecule has 26 heavy (non-hydrogen) atoms. The van der Waals surface area contributed by atoms with Gasteiger partial charge in [-0.15, -0.1) is 0 Å². The first kappa shape index (κ1) is 18.7. The highest BCUT2D eigenvalue weighted by Crippen LogP contribution is 2.33. The van der Waals surface area contributed by atoms with E-state index in [9.17, 15) is 4.79 Å². The number of hydrogen-bond donors (Lipinski definition) is 2. The van der Waals surface area contributed by atoms with Gasteiger partial charge < -0.3 is 25.3 Å². The zero-order valence-corrected chi connectivity index (χ0v) is 16.2. The molecule has 0 radical (unpaired) electrons. The first-order valence-corrected chi connectivity index (χ1v) is 9.41. The second-order valence-electron chi connectivity index (χ2n) is 5.80. The van der Waals surface area contributed by atoms with Gasteiger partial charge in [-0.2, -0.15) is 0 Å². The number of aromatic nitrogens is 1. The molecule has 1 saturated heterocycles. The number of rotatable bonds is 6. The number of nitrogens with two attached hydrogens (primary N) is 1. The van der Waals surface area contributed by atoms with Crippen molar-refractivity contribution in [3.05, 3.63) is 27.0 Å². The van der Waals surface area contributed by atoms with Gasteiger partial charge >= 0.3 is 0 Å². The van der Waals surface area contributed by atoms with Crippen molar-refractivity contribution in [3.8, 4) is 17.2 Å². The van der Waals surface area contributed by atoms with E-state index < -0.39 is 0 Å². The topological polar surface area (TPSA) is 87.7 Å². The first-order valence-electron chi connectivity index (χ1n) is 8.18. The smallest absolute Gasteiger partial charge is 0.265 e.